The Morgan fingerprint density at radius 1 is 0.892 bits per heavy atom. The van der Waals surface area contributed by atoms with E-state index in [1.54, 1.807) is 7.11 Å². The summed E-state index contributed by atoms with van der Waals surface area (Å²) < 4.78 is 6.32. The van der Waals surface area contributed by atoms with Crippen molar-refractivity contribution >= 4 is 49.9 Å². The Morgan fingerprint density at radius 2 is 1.57 bits per heavy atom. The maximum Gasteiger partial charge on any atom is 0.259 e. The Balaban J connectivity index is 1.24. The van der Waals surface area contributed by atoms with Gasteiger partial charge in [-0.15, -0.1) is 0 Å². The van der Waals surface area contributed by atoms with Crippen molar-refractivity contribution in [1.82, 2.24) is 4.90 Å². The lowest BCUT2D eigenvalue weighted by molar-refractivity contribution is 0.0746. The third-order valence-corrected chi connectivity index (χ3v) is 7.53. The van der Waals surface area contributed by atoms with Gasteiger partial charge < -0.3 is 19.9 Å². The SMILES string of the molecule is COc1c(C(=O)Nc2ccc(N3CCN(C(=O)c4ccc(C)cc4)CC3)cc2)cc2ccccc2c1Br. The minimum atomic E-state index is -0.237. The molecule has 7 heteroatoms. The lowest BCUT2D eigenvalue weighted by Gasteiger charge is -2.36. The Bertz CT molecular complexity index is 1440. The van der Waals surface area contributed by atoms with Gasteiger partial charge in [-0.25, -0.2) is 0 Å². The maximum absolute atomic E-state index is 13.2. The number of hydrogen-bond donors (Lipinski definition) is 1. The molecule has 1 fully saturated rings. The molecule has 2 amide bonds. The van der Waals surface area contributed by atoms with Crippen LogP contribution in [-0.2, 0) is 0 Å². The largest absolute Gasteiger partial charge is 0.495 e. The van der Waals surface area contributed by atoms with Gasteiger partial charge in [0.2, 0.25) is 0 Å². The Labute approximate surface area is 225 Å². The first-order valence-corrected chi connectivity index (χ1v) is 13.0. The molecule has 0 spiro atoms. The smallest absolute Gasteiger partial charge is 0.259 e. The zero-order valence-corrected chi connectivity index (χ0v) is 22.4. The number of nitrogens with one attached hydrogen (secondary N) is 1. The Hall–Kier alpha value is -3.84. The molecule has 1 saturated heterocycles. The van der Waals surface area contributed by atoms with E-state index in [9.17, 15) is 9.59 Å². The molecule has 1 N–H and O–H groups in total. The second-order valence-corrected chi connectivity index (χ2v) is 9.93. The summed E-state index contributed by atoms with van der Waals surface area (Å²) in [5, 5.41) is 4.93. The number of halogens is 1. The molecule has 0 radical (unpaired) electrons. The fourth-order valence-corrected chi connectivity index (χ4v) is 5.39. The van der Waals surface area contributed by atoms with Crippen LogP contribution in [0.1, 0.15) is 26.3 Å². The van der Waals surface area contributed by atoms with Crippen molar-refractivity contribution in [1.29, 1.82) is 0 Å². The summed E-state index contributed by atoms with van der Waals surface area (Å²) in [5.41, 5.74) is 4.10. The Morgan fingerprint density at radius 3 is 2.24 bits per heavy atom. The van der Waals surface area contributed by atoms with Crippen LogP contribution in [0.25, 0.3) is 10.8 Å². The number of hydrogen-bond acceptors (Lipinski definition) is 4. The molecule has 0 bridgehead atoms. The van der Waals surface area contributed by atoms with Crippen LogP contribution in [0.4, 0.5) is 11.4 Å². The molecule has 0 atom stereocenters. The summed E-state index contributed by atoms with van der Waals surface area (Å²) in [7, 11) is 1.56. The normalized spacial score (nSPS) is 13.5. The predicted molar refractivity (Wildman–Crippen MR) is 152 cm³/mol. The van der Waals surface area contributed by atoms with Gasteiger partial charge in [0.15, 0.2) is 0 Å². The molecule has 0 aromatic heterocycles. The van der Waals surface area contributed by atoms with Crippen LogP contribution < -0.4 is 15.0 Å². The summed E-state index contributed by atoms with van der Waals surface area (Å²) in [5.74, 6) is 0.346. The lowest BCUT2D eigenvalue weighted by atomic mass is 10.0. The second kappa shape index (κ2) is 10.6. The van der Waals surface area contributed by atoms with E-state index in [0.717, 1.165) is 45.1 Å². The molecule has 1 aliphatic rings. The molecule has 188 valence electrons. The monoisotopic (exact) mass is 557 g/mol. The van der Waals surface area contributed by atoms with E-state index in [-0.39, 0.29) is 11.8 Å². The minimum absolute atomic E-state index is 0.0773. The molecule has 6 nitrogen and oxygen atoms in total. The lowest BCUT2D eigenvalue weighted by Crippen LogP contribution is -2.48. The summed E-state index contributed by atoms with van der Waals surface area (Å²) in [4.78, 5) is 30.1. The number of ether oxygens (including phenoxy) is 1. The summed E-state index contributed by atoms with van der Waals surface area (Å²) in [6.45, 7) is 4.87. The van der Waals surface area contributed by atoms with Crippen molar-refractivity contribution in [3.05, 3.63) is 100 Å². The third kappa shape index (κ3) is 5.18. The number of nitrogens with zero attached hydrogens (tertiary/aromatic N) is 2. The molecule has 4 aromatic carbocycles. The summed E-state index contributed by atoms with van der Waals surface area (Å²) in [6, 6.07) is 25.2. The highest BCUT2D eigenvalue weighted by Gasteiger charge is 2.23. The zero-order chi connectivity index (χ0) is 25.9. The number of piperazine rings is 1. The third-order valence-electron chi connectivity index (χ3n) is 6.75. The van der Waals surface area contributed by atoms with Crippen LogP contribution in [0, 0.1) is 6.92 Å². The highest BCUT2D eigenvalue weighted by atomic mass is 79.9. The topological polar surface area (TPSA) is 61.9 Å². The average Bonchev–Trinajstić information content (AvgIpc) is 2.93. The van der Waals surface area contributed by atoms with E-state index in [0.29, 0.717) is 30.1 Å². The molecule has 5 rings (SSSR count). The van der Waals surface area contributed by atoms with Crippen LogP contribution in [0.15, 0.2) is 83.3 Å². The number of fused-ring (bicyclic) bond motifs is 1. The van der Waals surface area contributed by atoms with Gasteiger partial charge in [0, 0.05) is 43.1 Å². The van der Waals surface area contributed by atoms with Crippen molar-refractivity contribution in [3.8, 4) is 5.75 Å². The average molecular weight is 558 g/mol. The molecule has 37 heavy (non-hydrogen) atoms. The molecule has 0 aliphatic carbocycles. The van der Waals surface area contributed by atoms with Crippen molar-refractivity contribution in [2.24, 2.45) is 0 Å². The van der Waals surface area contributed by atoms with Crippen LogP contribution in [-0.4, -0.2) is 50.0 Å². The zero-order valence-electron chi connectivity index (χ0n) is 20.8. The number of carbonyl (C=O) groups excluding carboxylic acids is 2. The highest BCUT2D eigenvalue weighted by molar-refractivity contribution is 9.10. The fraction of sp³-hybridized carbons (Fsp3) is 0.200. The van der Waals surface area contributed by atoms with Gasteiger partial charge in [0.25, 0.3) is 11.8 Å². The molecule has 4 aromatic rings. The minimum Gasteiger partial charge on any atom is -0.495 e. The molecular formula is C30H28BrN3O3. The van der Waals surface area contributed by atoms with Crippen molar-refractivity contribution < 1.29 is 14.3 Å². The van der Waals surface area contributed by atoms with E-state index in [2.05, 4.69) is 26.1 Å². The number of methoxy groups -OCH3 is 1. The van der Waals surface area contributed by atoms with Crippen LogP contribution in [0.5, 0.6) is 5.75 Å². The number of benzene rings is 4. The van der Waals surface area contributed by atoms with E-state index < -0.39 is 0 Å². The van der Waals surface area contributed by atoms with Gasteiger partial charge >= 0.3 is 0 Å². The van der Waals surface area contributed by atoms with Crippen molar-refractivity contribution in [2.45, 2.75) is 6.92 Å². The van der Waals surface area contributed by atoms with E-state index in [1.807, 2.05) is 90.7 Å². The molecule has 0 unspecified atom stereocenters. The molecular weight excluding hydrogens is 530 g/mol. The van der Waals surface area contributed by atoms with E-state index in [1.165, 1.54) is 0 Å². The molecule has 0 saturated carbocycles. The fourth-order valence-electron chi connectivity index (χ4n) is 4.65. The number of rotatable bonds is 5. The van der Waals surface area contributed by atoms with Crippen LogP contribution in [0.2, 0.25) is 0 Å². The molecule has 1 aliphatic heterocycles. The summed E-state index contributed by atoms with van der Waals surface area (Å²) in [6.07, 6.45) is 0. The van der Waals surface area contributed by atoms with E-state index in [4.69, 9.17) is 4.74 Å². The van der Waals surface area contributed by atoms with Crippen LogP contribution in [0.3, 0.4) is 0 Å². The predicted octanol–water partition coefficient (Wildman–Crippen LogP) is 6.13. The van der Waals surface area contributed by atoms with Crippen LogP contribution >= 0.6 is 15.9 Å². The second-order valence-electron chi connectivity index (χ2n) is 9.14. The number of amides is 2. The first-order chi connectivity index (χ1) is 17.9. The first-order valence-electron chi connectivity index (χ1n) is 12.2. The first kappa shape index (κ1) is 24.8. The Kier molecular flexibility index (Phi) is 7.15. The van der Waals surface area contributed by atoms with Gasteiger partial charge in [0.05, 0.1) is 17.1 Å². The molecule has 1 heterocycles. The van der Waals surface area contributed by atoms with Gasteiger partial charge in [-0.2, -0.15) is 0 Å². The van der Waals surface area contributed by atoms with Gasteiger partial charge in [-0.05, 0) is 76.1 Å². The van der Waals surface area contributed by atoms with Crippen molar-refractivity contribution in [3.63, 3.8) is 0 Å². The van der Waals surface area contributed by atoms with Gasteiger partial charge in [-0.3, -0.25) is 9.59 Å². The number of anilines is 2. The quantitative estimate of drug-likeness (QED) is 0.320. The van der Waals surface area contributed by atoms with Gasteiger partial charge in [0.1, 0.15) is 5.75 Å². The number of aryl methyl sites for hydroxylation is 1. The number of carbonyl (C=O) groups is 2. The van der Waals surface area contributed by atoms with Gasteiger partial charge in [-0.1, -0.05) is 42.0 Å². The standard InChI is InChI=1S/C30H28BrN3O3/c1-20-7-9-21(10-8-20)30(36)34-17-15-33(16-18-34)24-13-11-23(12-14-24)32-29(35)26-19-22-5-3-4-6-25(22)27(31)28(26)37-2/h3-14,19H,15-18H2,1-2H3,(H,32,35). The maximum atomic E-state index is 13.2. The highest BCUT2D eigenvalue weighted by Crippen LogP contribution is 2.37. The summed E-state index contributed by atoms with van der Waals surface area (Å²) >= 11 is 3.59. The van der Waals surface area contributed by atoms with Crippen molar-refractivity contribution in [2.75, 3.05) is 43.5 Å². The van der Waals surface area contributed by atoms with E-state index >= 15 is 0 Å².